The molecule has 1 aromatic carbocycles. The van der Waals surface area contributed by atoms with Crippen LogP contribution in [0.5, 0.6) is 0 Å². The summed E-state index contributed by atoms with van der Waals surface area (Å²) in [5, 5.41) is 3.60. The predicted molar refractivity (Wildman–Crippen MR) is 82.6 cm³/mol. The van der Waals surface area contributed by atoms with Crippen LogP contribution in [0.4, 0.5) is 0 Å². The van der Waals surface area contributed by atoms with Crippen LogP contribution in [0.2, 0.25) is 0 Å². The molecule has 1 atom stereocenters. The van der Waals surface area contributed by atoms with Crippen molar-refractivity contribution in [3.8, 4) is 0 Å². The van der Waals surface area contributed by atoms with Gasteiger partial charge in [-0.25, -0.2) is 0 Å². The highest BCUT2D eigenvalue weighted by Crippen LogP contribution is 2.11. The van der Waals surface area contributed by atoms with Crippen LogP contribution in [-0.2, 0) is 11.2 Å². The fourth-order valence-corrected chi connectivity index (χ4v) is 2.60. The van der Waals surface area contributed by atoms with Gasteiger partial charge >= 0.3 is 0 Å². The minimum absolute atomic E-state index is 0.516. The highest BCUT2D eigenvalue weighted by atomic mass is 79.9. The van der Waals surface area contributed by atoms with Crippen molar-refractivity contribution in [2.45, 2.75) is 19.4 Å². The van der Waals surface area contributed by atoms with Gasteiger partial charge in [0.25, 0.3) is 0 Å². The van der Waals surface area contributed by atoms with Crippen molar-refractivity contribution in [2.75, 3.05) is 39.4 Å². The summed E-state index contributed by atoms with van der Waals surface area (Å²) in [5.74, 6) is 0. The first-order valence-electron chi connectivity index (χ1n) is 7.02. The molecule has 1 aliphatic rings. The summed E-state index contributed by atoms with van der Waals surface area (Å²) in [6.07, 6.45) is 1.08. The molecule has 19 heavy (non-hydrogen) atoms. The number of ether oxygens (including phenoxy) is 1. The number of hydrogen-bond acceptors (Lipinski definition) is 3. The maximum absolute atomic E-state index is 5.35. The Bertz CT molecular complexity index is 363. The number of nitrogens with one attached hydrogen (secondary N) is 1. The van der Waals surface area contributed by atoms with E-state index in [-0.39, 0.29) is 0 Å². The molecule has 0 aromatic heterocycles. The van der Waals surface area contributed by atoms with Crippen molar-refractivity contribution >= 4 is 15.9 Å². The molecule has 0 aliphatic carbocycles. The third kappa shape index (κ3) is 5.61. The molecule has 0 bridgehead atoms. The standard InChI is InChI=1S/C15H23BrN2O/c1-13(12-14-2-4-15(16)5-3-14)17-6-7-18-8-10-19-11-9-18/h2-5,13,17H,6-12H2,1H3. The van der Waals surface area contributed by atoms with E-state index in [0.717, 1.165) is 50.3 Å². The second-order valence-corrected chi connectivity index (χ2v) is 6.06. The molecule has 2 rings (SSSR count). The number of hydrogen-bond donors (Lipinski definition) is 1. The molecule has 106 valence electrons. The molecule has 1 N–H and O–H groups in total. The fourth-order valence-electron chi connectivity index (χ4n) is 2.34. The predicted octanol–water partition coefficient (Wildman–Crippen LogP) is 2.30. The summed E-state index contributed by atoms with van der Waals surface area (Å²) >= 11 is 3.47. The van der Waals surface area contributed by atoms with E-state index in [9.17, 15) is 0 Å². The van der Waals surface area contributed by atoms with Crippen molar-refractivity contribution in [3.05, 3.63) is 34.3 Å². The van der Waals surface area contributed by atoms with Gasteiger partial charge in [-0.2, -0.15) is 0 Å². The van der Waals surface area contributed by atoms with Gasteiger partial charge in [-0.05, 0) is 31.0 Å². The van der Waals surface area contributed by atoms with E-state index in [4.69, 9.17) is 4.74 Å². The van der Waals surface area contributed by atoms with E-state index in [2.05, 4.69) is 57.3 Å². The van der Waals surface area contributed by atoms with Gasteiger partial charge < -0.3 is 10.1 Å². The van der Waals surface area contributed by atoms with Gasteiger partial charge in [0.2, 0.25) is 0 Å². The Labute approximate surface area is 124 Å². The molecule has 1 unspecified atom stereocenters. The highest BCUT2D eigenvalue weighted by Gasteiger charge is 2.10. The van der Waals surface area contributed by atoms with Crippen LogP contribution in [0.15, 0.2) is 28.7 Å². The molecule has 0 radical (unpaired) electrons. The summed E-state index contributed by atoms with van der Waals surface area (Å²) in [6.45, 7) is 8.33. The monoisotopic (exact) mass is 326 g/mol. The number of morpholine rings is 1. The zero-order chi connectivity index (χ0) is 13.5. The SMILES string of the molecule is CC(Cc1ccc(Br)cc1)NCCN1CCOCC1. The smallest absolute Gasteiger partial charge is 0.0594 e. The third-order valence-corrected chi connectivity index (χ3v) is 4.01. The van der Waals surface area contributed by atoms with Gasteiger partial charge in [0.05, 0.1) is 13.2 Å². The lowest BCUT2D eigenvalue weighted by Gasteiger charge is -2.27. The summed E-state index contributed by atoms with van der Waals surface area (Å²) in [5.41, 5.74) is 1.38. The minimum Gasteiger partial charge on any atom is -0.379 e. The van der Waals surface area contributed by atoms with Gasteiger partial charge in [0.15, 0.2) is 0 Å². The summed E-state index contributed by atoms with van der Waals surface area (Å²) in [7, 11) is 0. The average molecular weight is 327 g/mol. The third-order valence-electron chi connectivity index (χ3n) is 3.48. The molecule has 3 nitrogen and oxygen atoms in total. The Morgan fingerprint density at radius 1 is 1.26 bits per heavy atom. The molecule has 0 spiro atoms. The zero-order valence-corrected chi connectivity index (χ0v) is 13.2. The van der Waals surface area contributed by atoms with Crippen LogP contribution in [-0.4, -0.2) is 50.3 Å². The van der Waals surface area contributed by atoms with Gasteiger partial charge in [0, 0.05) is 36.7 Å². The van der Waals surface area contributed by atoms with Crippen LogP contribution in [0.25, 0.3) is 0 Å². The van der Waals surface area contributed by atoms with E-state index in [1.54, 1.807) is 0 Å². The molecular weight excluding hydrogens is 304 g/mol. The zero-order valence-electron chi connectivity index (χ0n) is 11.6. The number of benzene rings is 1. The van der Waals surface area contributed by atoms with Crippen LogP contribution < -0.4 is 5.32 Å². The molecule has 4 heteroatoms. The first-order valence-corrected chi connectivity index (χ1v) is 7.81. The highest BCUT2D eigenvalue weighted by molar-refractivity contribution is 9.10. The van der Waals surface area contributed by atoms with Gasteiger partial charge in [-0.3, -0.25) is 4.90 Å². The fraction of sp³-hybridized carbons (Fsp3) is 0.600. The largest absolute Gasteiger partial charge is 0.379 e. The molecule has 1 heterocycles. The Balaban J connectivity index is 1.63. The molecule has 1 aromatic rings. The minimum atomic E-state index is 0.516. The lowest BCUT2D eigenvalue weighted by molar-refractivity contribution is 0.0382. The first kappa shape index (κ1) is 15.0. The van der Waals surface area contributed by atoms with E-state index in [1.807, 2.05) is 0 Å². The maximum atomic E-state index is 5.35. The summed E-state index contributed by atoms with van der Waals surface area (Å²) < 4.78 is 6.49. The maximum Gasteiger partial charge on any atom is 0.0594 e. The van der Waals surface area contributed by atoms with Crippen LogP contribution in [0, 0.1) is 0 Å². The lowest BCUT2D eigenvalue weighted by Crippen LogP contribution is -2.42. The number of halogens is 1. The Morgan fingerprint density at radius 2 is 1.95 bits per heavy atom. The summed E-state index contributed by atoms with van der Waals surface area (Å²) in [4.78, 5) is 2.46. The van der Waals surface area contributed by atoms with Gasteiger partial charge in [-0.15, -0.1) is 0 Å². The van der Waals surface area contributed by atoms with E-state index >= 15 is 0 Å². The second kappa shape index (κ2) is 8.00. The summed E-state index contributed by atoms with van der Waals surface area (Å²) in [6, 6.07) is 9.10. The number of nitrogens with zero attached hydrogens (tertiary/aromatic N) is 1. The van der Waals surface area contributed by atoms with Crippen molar-refractivity contribution in [3.63, 3.8) is 0 Å². The normalized spacial score (nSPS) is 18.4. The Morgan fingerprint density at radius 3 is 2.63 bits per heavy atom. The Kier molecular flexibility index (Phi) is 6.31. The van der Waals surface area contributed by atoms with Crippen LogP contribution in [0.1, 0.15) is 12.5 Å². The van der Waals surface area contributed by atoms with Crippen molar-refractivity contribution < 1.29 is 4.74 Å². The molecular formula is C15H23BrN2O. The Hall–Kier alpha value is -0.420. The molecule has 1 aliphatic heterocycles. The molecule has 1 fully saturated rings. The molecule has 0 amide bonds. The molecule has 0 saturated carbocycles. The van der Waals surface area contributed by atoms with E-state index in [0.29, 0.717) is 6.04 Å². The topological polar surface area (TPSA) is 24.5 Å². The lowest BCUT2D eigenvalue weighted by atomic mass is 10.1. The number of rotatable bonds is 6. The van der Waals surface area contributed by atoms with Crippen LogP contribution >= 0.6 is 15.9 Å². The van der Waals surface area contributed by atoms with Crippen molar-refractivity contribution in [2.24, 2.45) is 0 Å². The van der Waals surface area contributed by atoms with Crippen molar-refractivity contribution in [1.29, 1.82) is 0 Å². The van der Waals surface area contributed by atoms with E-state index < -0.39 is 0 Å². The van der Waals surface area contributed by atoms with E-state index in [1.165, 1.54) is 5.56 Å². The van der Waals surface area contributed by atoms with Gasteiger partial charge in [0.1, 0.15) is 0 Å². The van der Waals surface area contributed by atoms with Gasteiger partial charge in [-0.1, -0.05) is 28.1 Å². The van der Waals surface area contributed by atoms with Crippen LogP contribution in [0.3, 0.4) is 0 Å². The average Bonchev–Trinajstić information content (AvgIpc) is 2.43. The first-order chi connectivity index (χ1) is 9.24. The molecule has 1 saturated heterocycles. The quantitative estimate of drug-likeness (QED) is 0.868. The second-order valence-electron chi connectivity index (χ2n) is 5.14. The van der Waals surface area contributed by atoms with Crippen molar-refractivity contribution in [1.82, 2.24) is 10.2 Å².